The SMILES string of the molecule is Fc1[c]nn(CC2CC2)c1. The first kappa shape index (κ1) is 5.89. The molecule has 1 radical (unpaired) electrons. The van der Waals surface area contributed by atoms with E-state index in [0.717, 1.165) is 12.5 Å². The van der Waals surface area contributed by atoms with Gasteiger partial charge < -0.3 is 0 Å². The van der Waals surface area contributed by atoms with Gasteiger partial charge in [-0.2, -0.15) is 5.10 Å². The first-order valence-corrected chi connectivity index (χ1v) is 3.45. The zero-order chi connectivity index (χ0) is 6.97. The molecule has 0 atom stereocenters. The predicted octanol–water partition coefficient (Wildman–Crippen LogP) is 1.23. The quantitative estimate of drug-likeness (QED) is 0.602. The molecule has 0 spiro atoms. The molecule has 3 heteroatoms. The number of hydrogen-bond donors (Lipinski definition) is 0. The fourth-order valence-corrected chi connectivity index (χ4v) is 0.959. The van der Waals surface area contributed by atoms with E-state index in [1.54, 1.807) is 4.68 Å². The van der Waals surface area contributed by atoms with Crippen LogP contribution < -0.4 is 0 Å². The minimum atomic E-state index is -0.361. The van der Waals surface area contributed by atoms with Crippen molar-refractivity contribution in [3.8, 4) is 0 Å². The Hall–Kier alpha value is -0.860. The molecule has 1 aromatic heterocycles. The van der Waals surface area contributed by atoms with Crippen LogP contribution in [0.3, 0.4) is 0 Å². The third-order valence-corrected chi connectivity index (χ3v) is 1.69. The van der Waals surface area contributed by atoms with E-state index in [0.29, 0.717) is 0 Å². The molecule has 0 aliphatic heterocycles. The van der Waals surface area contributed by atoms with Gasteiger partial charge in [0.1, 0.15) is 0 Å². The number of nitrogens with zero attached hydrogens (tertiary/aromatic N) is 2. The maximum absolute atomic E-state index is 12.3. The third kappa shape index (κ3) is 1.17. The Labute approximate surface area is 58.7 Å². The van der Waals surface area contributed by atoms with Gasteiger partial charge in [0.2, 0.25) is 0 Å². The van der Waals surface area contributed by atoms with Crippen LogP contribution in [0.25, 0.3) is 0 Å². The van der Waals surface area contributed by atoms with Gasteiger partial charge in [0.15, 0.2) is 12.0 Å². The molecule has 2 nitrogen and oxygen atoms in total. The Kier molecular flexibility index (Phi) is 1.22. The van der Waals surface area contributed by atoms with Crippen LogP contribution in [-0.4, -0.2) is 9.78 Å². The van der Waals surface area contributed by atoms with Gasteiger partial charge in [0.05, 0.1) is 6.20 Å². The lowest BCUT2D eigenvalue weighted by molar-refractivity contribution is 0.555. The van der Waals surface area contributed by atoms with E-state index in [1.165, 1.54) is 19.0 Å². The summed E-state index contributed by atoms with van der Waals surface area (Å²) in [4.78, 5) is 0. The first-order chi connectivity index (χ1) is 4.84. The van der Waals surface area contributed by atoms with Crippen LogP contribution in [0.2, 0.25) is 0 Å². The fourth-order valence-electron chi connectivity index (χ4n) is 0.959. The predicted molar refractivity (Wildman–Crippen MR) is 33.7 cm³/mol. The lowest BCUT2D eigenvalue weighted by Gasteiger charge is -1.94. The van der Waals surface area contributed by atoms with Crippen LogP contribution in [0, 0.1) is 17.9 Å². The van der Waals surface area contributed by atoms with E-state index in [-0.39, 0.29) is 5.82 Å². The van der Waals surface area contributed by atoms with Crippen LogP contribution in [0.4, 0.5) is 4.39 Å². The Balaban J connectivity index is 2.03. The van der Waals surface area contributed by atoms with Crippen molar-refractivity contribution >= 4 is 0 Å². The zero-order valence-electron chi connectivity index (χ0n) is 5.55. The van der Waals surface area contributed by atoms with Crippen molar-refractivity contribution in [2.45, 2.75) is 19.4 Å². The van der Waals surface area contributed by atoms with Crippen LogP contribution in [-0.2, 0) is 6.54 Å². The fraction of sp³-hybridized carbons (Fsp3) is 0.571. The van der Waals surface area contributed by atoms with Gasteiger partial charge in [-0.05, 0) is 18.8 Å². The molecule has 1 aliphatic carbocycles. The molecular formula is C7H8FN2. The van der Waals surface area contributed by atoms with Crippen molar-refractivity contribution in [2.24, 2.45) is 5.92 Å². The summed E-state index contributed by atoms with van der Waals surface area (Å²) in [5.41, 5.74) is 0. The maximum atomic E-state index is 12.3. The van der Waals surface area contributed by atoms with Crippen molar-refractivity contribution < 1.29 is 4.39 Å². The summed E-state index contributed by atoms with van der Waals surface area (Å²) >= 11 is 0. The highest BCUT2D eigenvalue weighted by Crippen LogP contribution is 2.30. The maximum Gasteiger partial charge on any atom is 0.170 e. The van der Waals surface area contributed by atoms with E-state index < -0.39 is 0 Å². The molecule has 0 aromatic carbocycles. The minimum Gasteiger partial charge on any atom is -0.269 e. The first-order valence-electron chi connectivity index (χ1n) is 3.45. The van der Waals surface area contributed by atoms with Gasteiger partial charge in [-0.15, -0.1) is 0 Å². The molecule has 1 aromatic rings. The molecular weight excluding hydrogens is 131 g/mol. The molecule has 1 fully saturated rings. The Morgan fingerprint density at radius 3 is 3.10 bits per heavy atom. The van der Waals surface area contributed by atoms with Crippen molar-refractivity contribution in [1.29, 1.82) is 0 Å². The normalized spacial score (nSPS) is 17.7. The van der Waals surface area contributed by atoms with Gasteiger partial charge >= 0.3 is 0 Å². The second kappa shape index (κ2) is 2.08. The highest BCUT2D eigenvalue weighted by atomic mass is 19.1. The molecule has 1 heterocycles. The highest BCUT2D eigenvalue weighted by Gasteiger charge is 2.21. The molecule has 0 bridgehead atoms. The zero-order valence-corrected chi connectivity index (χ0v) is 5.55. The van der Waals surface area contributed by atoms with Crippen LogP contribution in [0.15, 0.2) is 6.20 Å². The van der Waals surface area contributed by atoms with Crippen LogP contribution in [0.1, 0.15) is 12.8 Å². The molecule has 0 saturated heterocycles. The average molecular weight is 139 g/mol. The summed E-state index contributed by atoms with van der Waals surface area (Å²) in [5.74, 6) is 0.383. The largest absolute Gasteiger partial charge is 0.269 e. The number of rotatable bonds is 2. The molecule has 53 valence electrons. The summed E-state index contributed by atoms with van der Waals surface area (Å²) in [6, 6.07) is 0. The van der Waals surface area contributed by atoms with Crippen LogP contribution >= 0.6 is 0 Å². The Morgan fingerprint density at radius 1 is 1.80 bits per heavy atom. The van der Waals surface area contributed by atoms with Crippen molar-refractivity contribution in [3.63, 3.8) is 0 Å². The summed E-state index contributed by atoms with van der Waals surface area (Å²) in [6.45, 7) is 0.862. The lowest BCUT2D eigenvalue weighted by Crippen LogP contribution is -1.99. The standard InChI is InChI=1S/C7H8FN2/c8-7-3-9-10(5-7)4-6-1-2-6/h5-6H,1-2,4H2. The van der Waals surface area contributed by atoms with E-state index in [4.69, 9.17) is 0 Å². The molecule has 1 saturated carbocycles. The van der Waals surface area contributed by atoms with Crippen molar-refractivity contribution in [2.75, 3.05) is 0 Å². The molecule has 1 aliphatic rings. The molecule has 0 N–H and O–H groups in total. The van der Waals surface area contributed by atoms with Crippen LogP contribution in [0.5, 0.6) is 0 Å². The third-order valence-electron chi connectivity index (χ3n) is 1.69. The lowest BCUT2D eigenvalue weighted by atomic mass is 10.4. The van der Waals surface area contributed by atoms with Gasteiger partial charge in [-0.3, -0.25) is 4.68 Å². The summed E-state index contributed by atoms with van der Waals surface area (Å²) in [7, 11) is 0. The summed E-state index contributed by atoms with van der Waals surface area (Å²) < 4.78 is 13.9. The molecule has 10 heavy (non-hydrogen) atoms. The van der Waals surface area contributed by atoms with Crippen molar-refractivity contribution in [3.05, 3.63) is 18.2 Å². The van der Waals surface area contributed by atoms with Gasteiger partial charge in [-0.25, -0.2) is 4.39 Å². The number of halogens is 1. The van der Waals surface area contributed by atoms with E-state index >= 15 is 0 Å². The van der Waals surface area contributed by atoms with E-state index in [1.807, 2.05) is 0 Å². The minimum absolute atomic E-state index is 0.361. The van der Waals surface area contributed by atoms with E-state index in [9.17, 15) is 4.39 Å². The Morgan fingerprint density at radius 2 is 2.60 bits per heavy atom. The van der Waals surface area contributed by atoms with E-state index in [2.05, 4.69) is 11.3 Å². The summed E-state index contributed by atoms with van der Waals surface area (Å²) in [5, 5.41) is 3.71. The monoisotopic (exact) mass is 139 g/mol. The van der Waals surface area contributed by atoms with Gasteiger partial charge in [0.25, 0.3) is 0 Å². The van der Waals surface area contributed by atoms with Gasteiger partial charge in [0, 0.05) is 6.54 Å². The highest BCUT2D eigenvalue weighted by molar-refractivity contribution is 4.83. The second-order valence-corrected chi connectivity index (χ2v) is 2.75. The smallest absolute Gasteiger partial charge is 0.170 e. The topological polar surface area (TPSA) is 17.8 Å². The average Bonchev–Trinajstić information content (AvgIpc) is 2.59. The number of aromatic nitrogens is 2. The molecule has 0 unspecified atom stereocenters. The molecule has 2 rings (SSSR count). The summed E-state index contributed by atoms with van der Waals surface area (Å²) in [6.07, 6.45) is 6.17. The second-order valence-electron chi connectivity index (χ2n) is 2.75. The molecule has 0 amide bonds. The van der Waals surface area contributed by atoms with Crippen molar-refractivity contribution in [1.82, 2.24) is 9.78 Å². The van der Waals surface area contributed by atoms with Gasteiger partial charge in [-0.1, -0.05) is 0 Å². The Bertz CT molecular complexity index is 227. The number of hydrogen-bond acceptors (Lipinski definition) is 1.